The van der Waals surface area contributed by atoms with E-state index in [1.807, 2.05) is 30.9 Å². The van der Waals surface area contributed by atoms with Gasteiger partial charge in [-0.25, -0.2) is 0 Å². The van der Waals surface area contributed by atoms with Crippen LogP contribution in [0.5, 0.6) is 0 Å². The molecule has 1 fully saturated rings. The molecule has 2 amide bonds. The van der Waals surface area contributed by atoms with E-state index in [1.165, 1.54) is 11.8 Å². The van der Waals surface area contributed by atoms with E-state index in [-0.39, 0.29) is 17.6 Å². The number of carbonyl (C=O) groups excluding carboxylic acids is 2. The average Bonchev–Trinajstić information content (AvgIpc) is 3.25. The summed E-state index contributed by atoms with van der Waals surface area (Å²) < 4.78 is 1.65. The van der Waals surface area contributed by atoms with Crippen LogP contribution in [0.3, 0.4) is 0 Å². The van der Waals surface area contributed by atoms with Crippen LogP contribution >= 0.6 is 11.8 Å². The maximum atomic E-state index is 12.1. The summed E-state index contributed by atoms with van der Waals surface area (Å²) in [6.45, 7) is 6.15. The van der Waals surface area contributed by atoms with Gasteiger partial charge in [-0.15, -0.1) is 5.10 Å². The summed E-state index contributed by atoms with van der Waals surface area (Å²) in [6.07, 6.45) is 2.36. The molecular weight excluding hydrogens is 364 g/mol. The van der Waals surface area contributed by atoms with Crippen molar-refractivity contribution in [3.8, 4) is 5.69 Å². The second-order valence-corrected chi connectivity index (χ2v) is 7.64. The van der Waals surface area contributed by atoms with Crippen LogP contribution in [0.4, 0.5) is 0 Å². The normalized spacial score (nSPS) is 14.0. The van der Waals surface area contributed by atoms with Crippen molar-refractivity contribution >= 4 is 23.6 Å². The minimum Gasteiger partial charge on any atom is -0.355 e. The van der Waals surface area contributed by atoms with Crippen molar-refractivity contribution in [3.05, 3.63) is 29.3 Å². The van der Waals surface area contributed by atoms with E-state index in [4.69, 9.17) is 0 Å². The standard InChI is InChI=1S/C18H24N6O2S/c1-13-9-14(2)11-15(10-13)24-18(20-21-22-24)27-12-16(25)19-6-4-8-23-7-3-5-17(23)26/h9-11H,3-8,12H2,1-2H3,(H,19,25). The number of benzene rings is 1. The van der Waals surface area contributed by atoms with Gasteiger partial charge in [-0.2, -0.15) is 4.68 Å². The molecule has 1 aromatic carbocycles. The van der Waals surface area contributed by atoms with Gasteiger partial charge in [0, 0.05) is 26.1 Å². The van der Waals surface area contributed by atoms with Crippen molar-refractivity contribution in [2.75, 3.05) is 25.4 Å². The molecule has 0 bridgehead atoms. The number of tetrazole rings is 1. The van der Waals surface area contributed by atoms with Crippen LogP contribution in [0.1, 0.15) is 30.4 Å². The van der Waals surface area contributed by atoms with Crippen LogP contribution in [0.25, 0.3) is 5.69 Å². The van der Waals surface area contributed by atoms with Crippen molar-refractivity contribution in [2.24, 2.45) is 0 Å². The van der Waals surface area contributed by atoms with E-state index in [1.54, 1.807) is 4.68 Å². The molecule has 2 aromatic rings. The van der Waals surface area contributed by atoms with Crippen molar-refractivity contribution in [2.45, 2.75) is 38.3 Å². The summed E-state index contributed by atoms with van der Waals surface area (Å²) in [5.74, 6) is 0.395. The number of thioether (sulfide) groups is 1. The number of aryl methyl sites for hydroxylation is 2. The van der Waals surface area contributed by atoms with Crippen LogP contribution < -0.4 is 5.32 Å². The van der Waals surface area contributed by atoms with Crippen LogP contribution in [0.15, 0.2) is 23.4 Å². The first kappa shape index (κ1) is 19.3. The lowest BCUT2D eigenvalue weighted by Gasteiger charge is -2.15. The Balaban J connectivity index is 1.45. The summed E-state index contributed by atoms with van der Waals surface area (Å²) in [7, 11) is 0. The SMILES string of the molecule is Cc1cc(C)cc(-n2nnnc2SCC(=O)NCCCN2CCCC2=O)c1. The van der Waals surface area contributed by atoms with E-state index in [0.717, 1.165) is 36.2 Å². The number of hydrogen-bond donors (Lipinski definition) is 1. The maximum Gasteiger partial charge on any atom is 0.230 e. The van der Waals surface area contributed by atoms with Gasteiger partial charge in [0.25, 0.3) is 0 Å². The van der Waals surface area contributed by atoms with Gasteiger partial charge < -0.3 is 10.2 Å². The van der Waals surface area contributed by atoms with Crippen molar-refractivity contribution in [3.63, 3.8) is 0 Å². The van der Waals surface area contributed by atoms with E-state index >= 15 is 0 Å². The molecule has 0 radical (unpaired) electrons. The Morgan fingerprint density at radius 3 is 2.74 bits per heavy atom. The largest absolute Gasteiger partial charge is 0.355 e. The molecule has 27 heavy (non-hydrogen) atoms. The summed E-state index contributed by atoms with van der Waals surface area (Å²) in [6, 6.07) is 6.10. The topological polar surface area (TPSA) is 93.0 Å². The highest BCUT2D eigenvalue weighted by Crippen LogP contribution is 2.20. The Kier molecular flexibility index (Phi) is 6.44. The molecule has 0 unspecified atom stereocenters. The first-order chi connectivity index (χ1) is 13.0. The number of hydrogen-bond acceptors (Lipinski definition) is 6. The number of carbonyl (C=O) groups is 2. The first-order valence-electron chi connectivity index (χ1n) is 9.07. The molecule has 0 saturated carbocycles. The quantitative estimate of drug-likeness (QED) is 0.544. The third kappa shape index (κ3) is 5.29. The summed E-state index contributed by atoms with van der Waals surface area (Å²) >= 11 is 1.30. The molecule has 0 spiro atoms. The monoisotopic (exact) mass is 388 g/mol. The maximum absolute atomic E-state index is 12.1. The van der Waals surface area contributed by atoms with Gasteiger partial charge in [-0.3, -0.25) is 9.59 Å². The molecule has 144 valence electrons. The zero-order valence-corrected chi connectivity index (χ0v) is 16.5. The van der Waals surface area contributed by atoms with Crippen LogP contribution in [-0.4, -0.2) is 62.3 Å². The number of aromatic nitrogens is 4. The zero-order chi connectivity index (χ0) is 19.2. The van der Waals surface area contributed by atoms with Gasteiger partial charge in [0.05, 0.1) is 11.4 Å². The Hall–Kier alpha value is -2.42. The molecule has 0 atom stereocenters. The van der Waals surface area contributed by atoms with Gasteiger partial charge in [0.1, 0.15) is 0 Å². The van der Waals surface area contributed by atoms with Crippen molar-refractivity contribution in [1.82, 2.24) is 30.4 Å². The van der Waals surface area contributed by atoms with Crippen LogP contribution in [0.2, 0.25) is 0 Å². The summed E-state index contributed by atoms with van der Waals surface area (Å²) in [4.78, 5) is 25.5. The zero-order valence-electron chi connectivity index (χ0n) is 15.6. The number of nitrogens with zero attached hydrogens (tertiary/aromatic N) is 5. The summed E-state index contributed by atoms with van der Waals surface area (Å²) in [5.41, 5.74) is 3.15. The highest BCUT2D eigenvalue weighted by Gasteiger charge is 2.19. The minimum absolute atomic E-state index is 0.0669. The average molecular weight is 388 g/mol. The third-order valence-electron chi connectivity index (χ3n) is 4.32. The number of likely N-dealkylation sites (tertiary alicyclic amines) is 1. The second-order valence-electron chi connectivity index (χ2n) is 6.70. The van der Waals surface area contributed by atoms with Crippen molar-refractivity contribution < 1.29 is 9.59 Å². The Bertz CT molecular complexity index is 802. The van der Waals surface area contributed by atoms with Gasteiger partial charge >= 0.3 is 0 Å². The molecule has 9 heteroatoms. The Labute approximate surface area is 162 Å². The number of nitrogens with one attached hydrogen (secondary N) is 1. The van der Waals surface area contributed by atoms with Crippen LogP contribution in [0, 0.1) is 13.8 Å². The van der Waals surface area contributed by atoms with Gasteiger partial charge in [0.2, 0.25) is 17.0 Å². The smallest absolute Gasteiger partial charge is 0.230 e. The third-order valence-corrected chi connectivity index (χ3v) is 5.24. The molecule has 1 saturated heterocycles. The molecule has 1 aliphatic heterocycles. The van der Waals surface area contributed by atoms with E-state index in [0.29, 0.717) is 24.7 Å². The summed E-state index contributed by atoms with van der Waals surface area (Å²) in [5, 5.41) is 15.3. The highest BCUT2D eigenvalue weighted by atomic mass is 32.2. The molecule has 2 heterocycles. The molecule has 8 nitrogen and oxygen atoms in total. The molecular formula is C18H24N6O2S. The molecule has 1 N–H and O–H groups in total. The fraction of sp³-hybridized carbons (Fsp3) is 0.500. The van der Waals surface area contributed by atoms with E-state index in [9.17, 15) is 9.59 Å². The first-order valence-corrected chi connectivity index (χ1v) is 10.1. The fourth-order valence-corrected chi connectivity index (χ4v) is 3.84. The van der Waals surface area contributed by atoms with Gasteiger partial charge in [0.15, 0.2) is 0 Å². The lowest BCUT2D eigenvalue weighted by atomic mass is 10.1. The van der Waals surface area contributed by atoms with Crippen LogP contribution in [-0.2, 0) is 9.59 Å². The van der Waals surface area contributed by atoms with E-state index in [2.05, 4.69) is 26.9 Å². The predicted octanol–water partition coefficient (Wildman–Crippen LogP) is 1.50. The predicted molar refractivity (Wildman–Crippen MR) is 103 cm³/mol. The molecule has 0 aliphatic carbocycles. The Morgan fingerprint density at radius 2 is 2.04 bits per heavy atom. The van der Waals surface area contributed by atoms with E-state index < -0.39 is 0 Å². The van der Waals surface area contributed by atoms with Gasteiger partial charge in [-0.1, -0.05) is 17.8 Å². The molecule has 1 aliphatic rings. The fourth-order valence-electron chi connectivity index (χ4n) is 3.12. The number of amides is 2. The van der Waals surface area contributed by atoms with Gasteiger partial charge in [-0.05, 0) is 60.4 Å². The minimum atomic E-state index is -0.0669. The lowest BCUT2D eigenvalue weighted by Crippen LogP contribution is -2.31. The highest BCUT2D eigenvalue weighted by molar-refractivity contribution is 7.99. The van der Waals surface area contributed by atoms with Crippen molar-refractivity contribution in [1.29, 1.82) is 0 Å². The molecule has 3 rings (SSSR count). The molecule has 1 aromatic heterocycles. The Morgan fingerprint density at radius 1 is 1.26 bits per heavy atom. The lowest BCUT2D eigenvalue weighted by molar-refractivity contribution is -0.127. The second kappa shape index (κ2) is 8.98. The number of rotatable bonds is 8.